The molecule has 2 aliphatic carbocycles. The average Bonchev–Trinajstić information content (AvgIpc) is 3.22. The molecule has 0 aromatic carbocycles. The third kappa shape index (κ3) is 4.44. The van der Waals surface area contributed by atoms with Crippen molar-refractivity contribution in [3.8, 4) is 0 Å². The van der Waals surface area contributed by atoms with Crippen molar-refractivity contribution in [3.63, 3.8) is 0 Å². The highest BCUT2D eigenvalue weighted by atomic mass is 16.6. The molecule has 0 spiro atoms. The van der Waals surface area contributed by atoms with Gasteiger partial charge >= 0.3 is 6.09 Å². The number of amides is 2. The first-order chi connectivity index (χ1) is 14.7. The van der Waals surface area contributed by atoms with Gasteiger partial charge in [0.05, 0.1) is 25.4 Å². The van der Waals surface area contributed by atoms with E-state index in [2.05, 4.69) is 12.2 Å². The van der Waals surface area contributed by atoms with Gasteiger partial charge in [-0.3, -0.25) is 4.79 Å². The van der Waals surface area contributed by atoms with Gasteiger partial charge in [0.25, 0.3) is 0 Å². The van der Waals surface area contributed by atoms with Gasteiger partial charge in [0, 0.05) is 24.9 Å². The van der Waals surface area contributed by atoms with Gasteiger partial charge in [0.1, 0.15) is 6.10 Å². The van der Waals surface area contributed by atoms with Crippen LogP contribution in [0.4, 0.5) is 4.79 Å². The zero-order chi connectivity index (χ0) is 22.8. The fraction of sp³-hybridized carbons (Fsp3) is 0.913. The minimum absolute atomic E-state index is 0.00567. The molecular weight excluding hydrogens is 400 g/mol. The smallest absolute Gasteiger partial charge is 0.407 e. The first-order valence-electron chi connectivity index (χ1n) is 11.8. The van der Waals surface area contributed by atoms with E-state index in [4.69, 9.17) is 4.74 Å². The third-order valence-corrected chi connectivity index (χ3v) is 8.55. The van der Waals surface area contributed by atoms with Crippen LogP contribution in [-0.2, 0) is 9.53 Å². The van der Waals surface area contributed by atoms with Crippen LogP contribution in [0, 0.1) is 22.7 Å². The molecular formula is C23H40N2O6. The molecule has 4 N–H and O–H groups in total. The van der Waals surface area contributed by atoms with Gasteiger partial charge in [-0.25, -0.2) is 4.79 Å². The van der Waals surface area contributed by atoms with Crippen molar-refractivity contribution in [2.24, 2.45) is 22.7 Å². The molecule has 0 radical (unpaired) electrons. The molecule has 3 fully saturated rings. The van der Waals surface area contributed by atoms with Gasteiger partial charge in [-0.05, 0) is 62.7 Å². The van der Waals surface area contributed by atoms with Crippen molar-refractivity contribution in [3.05, 3.63) is 0 Å². The number of hydrogen-bond acceptors (Lipinski definition) is 6. The first-order valence-corrected chi connectivity index (χ1v) is 11.8. The Hall–Kier alpha value is -1.38. The standard InChI is InChI=1S/C23H40N2O6/c1-4-24-21(30)31-19-9-10-22(2)16(12-20(29)25-11-5-6-15(25)13-26)17(28)7-8-18(22)23(19,3)14-27/h15-19,26-28H,4-14H2,1-3H3,(H,24,30). The van der Waals surface area contributed by atoms with Crippen LogP contribution in [-0.4, -0.2) is 76.8 Å². The topological polar surface area (TPSA) is 119 Å². The van der Waals surface area contributed by atoms with Crippen LogP contribution in [0.3, 0.4) is 0 Å². The maximum Gasteiger partial charge on any atom is 0.407 e. The number of fused-ring (bicyclic) bond motifs is 1. The van der Waals surface area contributed by atoms with Gasteiger partial charge in [-0.1, -0.05) is 13.8 Å². The molecule has 8 nitrogen and oxygen atoms in total. The molecule has 0 aromatic rings. The summed E-state index contributed by atoms with van der Waals surface area (Å²) in [6, 6.07) is -0.124. The van der Waals surface area contributed by atoms with E-state index in [-0.39, 0.29) is 48.8 Å². The Labute approximate surface area is 185 Å². The van der Waals surface area contributed by atoms with E-state index in [0.29, 0.717) is 25.9 Å². The SMILES string of the molecule is CCNC(=O)OC1CCC2(C)C(CC(=O)N3CCCC3CO)C(O)CCC2C1(C)CO. The van der Waals surface area contributed by atoms with Gasteiger partial charge < -0.3 is 30.3 Å². The van der Waals surface area contributed by atoms with Crippen molar-refractivity contribution in [2.75, 3.05) is 26.3 Å². The molecule has 31 heavy (non-hydrogen) atoms. The molecule has 178 valence electrons. The molecule has 3 aliphatic rings. The number of hydrogen-bond donors (Lipinski definition) is 4. The molecule has 7 unspecified atom stereocenters. The van der Waals surface area contributed by atoms with E-state index in [1.54, 1.807) is 4.90 Å². The quantitative estimate of drug-likeness (QED) is 0.499. The molecule has 2 amide bonds. The van der Waals surface area contributed by atoms with Crippen LogP contribution in [0.15, 0.2) is 0 Å². The average molecular weight is 441 g/mol. The molecule has 0 aromatic heterocycles. The van der Waals surface area contributed by atoms with Crippen LogP contribution in [0.5, 0.6) is 0 Å². The summed E-state index contributed by atoms with van der Waals surface area (Å²) in [5.41, 5.74) is -0.985. The zero-order valence-corrected chi connectivity index (χ0v) is 19.2. The molecule has 8 heteroatoms. The van der Waals surface area contributed by atoms with Crippen LogP contribution in [0.2, 0.25) is 0 Å². The third-order valence-electron chi connectivity index (χ3n) is 8.55. The molecule has 7 atom stereocenters. The monoisotopic (exact) mass is 440 g/mol. The molecule has 2 saturated carbocycles. The Kier molecular flexibility index (Phi) is 7.54. The van der Waals surface area contributed by atoms with Gasteiger partial charge in [0.2, 0.25) is 5.91 Å². The Morgan fingerprint density at radius 1 is 1.16 bits per heavy atom. The number of likely N-dealkylation sites (tertiary alicyclic amines) is 1. The van der Waals surface area contributed by atoms with Crippen molar-refractivity contribution < 1.29 is 29.6 Å². The number of ether oxygens (including phenoxy) is 1. The van der Waals surface area contributed by atoms with Crippen molar-refractivity contribution in [1.82, 2.24) is 10.2 Å². The number of alkyl carbamates (subject to hydrolysis) is 1. The molecule has 3 rings (SSSR count). The second kappa shape index (κ2) is 9.63. The normalized spacial score (nSPS) is 40.3. The summed E-state index contributed by atoms with van der Waals surface area (Å²) in [7, 11) is 0. The number of nitrogens with zero attached hydrogens (tertiary/aromatic N) is 1. The predicted molar refractivity (Wildman–Crippen MR) is 115 cm³/mol. The maximum atomic E-state index is 13.1. The molecule has 1 heterocycles. The summed E-state index contributed by atoms with van der Waals surface area (Å²) in [6.07, 6.45) is 3.08. The first kappa shape index (κ1) is 24.3. The van der Waals surface area contributed by atoms with E-state index in [1.165, 1.54) is 0 Å². The van der Waals surface area contributed by atoms with Gasteiger partial charge in [-0.15, -0.1) is 0 Å². The van der Waals surface area contributed by atoms with Crippen molar-refractivity contribution in [1.29, 1.82) is 0 Å². The molecule has 1 aliphatic heterocycles. The number of carbonyl (C=O) groups is 2. The lowest BCUT2D eigenvalue weighted by Crippen LogP contribution is -2.61. The number of carbonyl (C=O) groups excluding carboxylic acids is 2. The van der Waals surface area contributed by atoms with Gasteiger partial charge in [0.15, 0.2) is 0 Å². The molecule has 1 saturated heterocycles. The predicted octanol–water partition coefficient (Wildman–Crippen LogP) is 1.66. The largest absolute Gasteiger partial charge is 0.446 e. The van der Waals surface area contributed by atoms with Crippen LogP contribution < -0.4 is 5.32 Å². The Morgan fingerprint density at radius 3 is 2.55 bits per heavy atom. The lowest BCUT2D eigenvalue weighted by molar-refractivity contribution is -0.187. The fourth-order valence-electron chi connectivity index (χ4n) is 6.75. The summed E-state index contributed by atoms with van der Waals surface area (Å²) in [4.78, 5) is 27.0. The van der Waals surface area contributed by atoms with Crippen LogP contribution in [0.25, 0.3) is 0 Å². The van der Waals surface area contributed by atoms with E-state index in [1.807, 2.05) is 13.8 Å². The highest BCUT2D eigenvalue weighted by Gasteiger charge is 2.60. The van der Waals surface area contributed by atoms with Gasteiger partial charge in [-0.2, -0.15) is 0 Å². The lowest BCUT2D eigenvalue weighted by Gasteiger charge is -2.60. The van der Waals surface area contributed by atoms with E-state index in [0.717, 1.165) is 25.7 Å². The Bertz CT molecular complexity index is 660. The minimum atomic E-state index is -0.638. The van der Waals surface area contributed by atoms with Crippen LogP contribution in [0.1, 0.15) is 65.7 Å². The Balaban J connectivity index is 1.81. The number of rotatable bonds is 6. The summed E-state index contributed by atoms with van der Waals surface area (Å²) in [5.74, 6) is -0.213. The summed E-state index contributed by atoms with van der Waals surface area (Å²) < 4.78 is 5.71. The van der Waals surface area contributed by atoms with Crippen LogP contribution >= 0.6 is 0 Å². The zero-order valence-electron chi connectivity index (χ0n) is 19.2. The maximum absolute atomic E-state index is 13.1. The lowest BCUT2D eigenvalue weighted by atomic mass is 9.46. The highest BCUT2D eigenvalue weighted by Crippen LogP contribution is 2.61. The second-order valence-electron chi connectivity index (χ2n) is 10.2. The van der Waals surface area contributed by atoms with E-state index < -0.39 is 23.7 Å². The number of nitrogens with one attached hydrogen (secondary N) is 1. The number of aliphatic hydroxyl groups excluding tert-OH is 3. The summed E-state index contributed by atoms with van der Waals surface area (Å²) in [5, 5.41) is 33.6. The Morgan fingerprint density at radius 2 is 1.90 bits per heavy atom. The van der Waals surface area contributed by atoms with E-state index >= 15 is 0 Å². The second-order valence-corrected chi connectivity index (χ2v) is 10.2. The fourth-order valence-corrected chi connectivity index (χ4v) is 6.75. The minimum Gasteiger partial charge on any atom is -0.446 e. The molecule has 0 bridgehead atoms. The summed E-state index contributed by atoms with van der Waals surface area (Å²) in [6.45, 7) is 6.91. The van der Waals surface area contributed by atoms with E-state index in [9.17, 15) is 24.9 Å². The van der Waals surface area contributed by atoms with Crippen molar-refractivity contribution in [2.45, 2.75) is 84.0 Å². The summed E-state index contributed by atoms with van der Waals surface area (Å²) >= 11 is 0. The number of aliphatic hydroxyl groups is 3. The van der Waals surface area contributed by atoms with Crippen molar-refractivity contribution >= 4 is 12.0 Å². The highest BCUT2D eigenvalue weighted by molar-refractivity contribution is 5.77.